The Hall–Kier alpha value is -4.54. The van der Waals surface area contributed by atoms with E-state index in [0.29, 0.717) is 52.9 Å². The van der Waals surface area contributed by atoms with Gasteiger partial charge < -0.3 is 19.5 Å². The standard InChI is InChI=1S/C27H28FN7O3/c1-33(2)27(37)22-14-20-19(21-15-29-8-6-23(21)38-3)13-18(25(28)26(20)31-22)17-5-4-10-34(16-17)24(36)7-11-35-12-9-30-32-35/h5-6,8-9,12-15,31H,4,7,10-11,16H2,1-3H3. The number of hydrogen-bond acceptors (Lipinski definition) is 6. The first kappa shape index (κ1) is 25.1. The van der Waals surface area contributed by atoms with Crippen molar-refractivity contribution in [1.82, 2.24) is 34.8 Å². The molecule has 5 rings (SSSR count). The molecule has 10 nitrogen and oxygen atoms in total. The molecule has 1 aliphatic rings. The lowest BCUT2D eigenvalue weighted by Crippen LogP contribution is -2.36. The number of fused-ring (bicyclic) bond motifs is 1. The summed E-state index contributed by atoms with van der Waals surface area (Å²) < 4.78 is 23.3. The van der Waals surface area contributed by atoms with Crippen LogP contribution in [0.2, 0.25) is 0 Å². The Labute approximate surface area is 218 Å². The zero-order chi connectivity index (χ0) is 26.8. The van der Waals surface area contributed by atoms with Crippen molar-refractivity contribution in [2.75, 3.05) is 34.3 Å². The molecule has 4 heterocycles. The number of hydrogen-bond donors (Lipinski definition) is 1. The van der Waals surface area contributed by atoms with Gasteiger partial charge in [-0.15, -0.1) is 5.10 Å². The van der Waals surface area contributed by atoms with E-state index in [1.54, 1.807) is 73.8 Å². The molecule has 2 amide bonds. The lowest BCUT2D eigenvalue weighted by Gasteiger charge is -2.28. The molecule has 0 aliphatic carbocycles. The molecule has 3 aromatic heterocycles. The number of benzene rings is 1. The number of aryl methyl sites for hydroxylation is 1. The number of aromatic nitrogens is 5. The average molecular weight is 518 g/mol. The number of carbonyl (C=O) groups is 2. The predicted molar refractivity (Wildman–Crippen MR) is 140 cm³/mol. The Morgan fingerprint density at radius 2 is 2.03 bits per heavy atom. The van der Waals surface area contributed by atoms with Gasteiger partial charge in [-0.05, 0) is 35.8 Å². The van der Waals surface area contributed by atoms with Crippen LogP contribution in [-0.4, -0.2) is 80.9 Å². The minimum Gasteiger partial charge on any atom is -0.496 e. The van der Waals surface area contributed by atoms with Crippen molar-refractivity contribution in [2.24, 2.45) is 0 Å². The first-order valence-corrected chi connectivity index (χ1v) is 12.2. The zero-order valence-electron chi connectivity index (χ0n) is 21.4. The lowest BCUT2D eigenvalue weighted by atomic mass is 9.93. The second-order valence-electron chi connectivity index (χ2n) is 9.28. The summed E-state index contributed by atoms with van der Waals surface area (Å²) in [6.07, 6.45) is 9.38. The van der Waals surface area contributed by atoms with Crippen LogP contribution in [0.1, 0.15) is 28.9 Å². The van der Waals surface area contributed by atoms with Crippen LogP contribution in [0.15, 0.2) is 49.1 Å². The van der Waals surface area contributed by atoms with Gasteiger partial charge in [-0.1, -0.05) is 11.3 Å². The molecule has 0 spiro atoms. The van der Waals surface area contributed by atoms with Crippen LogP contribution in [0.25, 0.3) is 27.6 Å². The first-order valence-electron chi connectivity index (χ1n) is 12.2. The minimum absolute atomic E-state index is 0.0412. The summed E-state index contributed by atoms with van der Waals surface area (Å²) in [5.41, 5.74) is 2.88. The number of aromatic amines is 1. The van der Waals surface area contributed by atoms with Gasteiger partial charge in [0.1, 0.15) is 11.4 Å². The molecule has 1 aliphatic heterocycles. The molecule has 0 unspecified atom stereocenters. The number of nitrogens with zero attached hydrogens (tertiary/aromatic N) is 6. The Bertz CT molecular complexity index is 1530. The monoisotopic (exact) mass is 517 g/mol. The quantitative estimate of drug-likeness (QED) is 0.403. The topological polar surface area (TPSA) is 109 Å². The fourth-order valence-corrected chi connectivity index (χ4v) is 4.71. The number of H-pyrrole nitrogens is 1. The Balaban J connectivity index is 1.55. The minimum atomic E-state index is -0.479. The van der Waals surface area contributed by atoms with Crippen LogP contribution in [-0.2, 0) is 11.3 Å². The van der Waals surface area contributed by atoms with Crippen LogP contribution in [0.4, 0.5) is 4.39 Å². The molecular formula is C27H28FN7O3. The van der Waals surface area contributed by atoms with E-state index in [0.717, 1.165) is 0 Å². The van der Waals surface area contributed by atoms with Crippen LogP contribution in [0.5, 0.6) is 5.75 Å². The molecule has 0 bridgehead atoms. The maximum Gasteiger partial charge on any atom is 0.269 e. The highest BCUT2D eigenvalue weighted by molar-refractivity contribution is 6.05. The smallest absolute Gasteiger partial charge is 0.269 e. The van der Waals surface area contributed by atoms with E-state index in [-0.39, 0.29) is 36.0 Å². The van der Waals surface area contributed by atoms with E-state index in [1.807, 2.05) is 6.08 Å². The largest absolute Gasteiger partial charge is 0.496 e. The normalized spacial score (nSPS) is 13.5. The van der Waals surface area contributed by atoms with E-state index < -0.39 is 5.82 Å². The van der Waals surface area contributed by atoms with E-state index in [4.69, 9.17) is 4.74 Å². The van der Waals surface area contributed by atoms with Crippen molar-refractivity contribution >= 4 is 28.3 Å². The van der Waals surface area contributed by atoms with E-state index in [2.05, 4.69) is 20.3 Å². The third-order valence-electron chi connectivity index (χ3n) is 6.66. The predicted octanol–water partition coefficient (Wildman–Crippen LogP) is 3.38. The van der Waals surface area contributed by atoms with Crippen LogP contribution in [0, 0.1) is 5.82 Å². The number of carbonyl (C=O) groups excluding carboxylic acids is 2. The second kappa shape index (κ2) is 10.4. The molecule has 0 radical (unpaired) electrons. The highest BCUT2D eigenvalue weighted by Gasteiger charge is 2.25. The van der Waals surface area contributed by atoms with Crippen molar-refractivity contribution in [1.29, 1.82) is 0 Å². The highest BCUT2D eigenvalue weighted by Crippen LogP contribution is 2.39. The van der Waals surface area contributed by atoms with Gasteiger partial charge in [0.15, 0.2) is 5.82 Å². The number of methoxy groups -OCH3 is 1. The molecular weight excluding hydrogens is 489 g/mol. The summed E-state index contributed by atoms with van der Waals surface area (Å²) in [5.74, 6) is -0.219. The number of rotatable bonds is 7. The van der Waals surface area contributed by atoms with Gasteiger partial charge in [-0.3, -0.25) is 19.3 Å². The Morgan fingerprint density at radius 3 is 2.76 bits per heavy atom. The summed E-state index contributed by atoms with van der Waals surface area (Å²) in [6.45, 7) is 1.24. The number of amides is 2. The summed E-state index contributed by atoms with van der Waals surface area (Å²) in [5, 5.41) is 8.21. The van der Waals surface area contributed by atoms with Crippen molar-refractivity contribution in [3.63, 3.8) is 0 Å². The molecule has 1 N–H and O–H groups in total. The van der Waals surface area contributed by atoms with Crippen LogP contribution < -0.4 is 4.74 Å². The van der Waals surface area contributed by atoms with Crippen molar-refractivity contribution < 1.29 is 18.7 Å². The summed E-state index contributed by atoms with van der Waals surface area (Å²) in [6, 6.07) is 5.14. The van der Waals surface area contributed by atoms with E-state index in [1.165, 1.54) is 4.90 Å². The summed E-state index contributed by atoms with van der Waals surface area (Å²) in [7, 11) is 4.84. The van der Waals surface area contributed by atoms with Gasteiger partial charge in [0.05, 0.1) is 25.4 Å². The van der Waals surface area contributed by atoms with E-state index in [9.17, 15) is 9.59 Å². The summed E-state index contributed by atoms with van der Waals surface area (Å²) >= 11 is 0. The fourth-order valence-electron chi connectivity index (χ4n) is 4.71. The SMILES string of the molecule is COc1ccncc1-c1cc(C2=CCCN(C(=O)CCn3ccnn3)C2)c(F)c2[nH]c(C(=O)N(C)C)cc12. The second-order valence-corrected chi connectivity index (χ2v) is 9.28. The number of pyridine rings is 1. The van der Waals surface area contributed by atoms with Gasteiger partial charge in [-0.25, -0.2) is 4.39 Å². The zero-order valence-corrected chi connectivity index (χ0v) is 21.4. The molecule has 1 aromatic carbocycles. The van der Waals surface area contributed by atoms with Crippen molar-refractivity contribution in [2.45, 2.75) is 19.4 Å². The summed E-state index contributed by atoms with van der Waals surface area (Å²) in [4.78, 5) is 36.1. The van der Waals surface area contributed by atoms with Gasteiger partial charge in [0.25, 0.3) is 5.91 Å². The molecule has 4 aromatic rings. The van der Waals surface area contributed by atoms with Crippen LogP contribution >= 0.6 is 0 Å². The van der Waals surface area contributed by atoms with Gasteiger partial charge in [0, 0.05) is 68.7 Å². The molecule has 11 heteroatoms. The molecule has 0 fully saturated rings. The molecule has 0 atom stereocenters. The van der Waals surface area contributed by atoms with Crippen LogP contribution in [0.3, 0.4) is 0 Å². The maximum atomic E-state index is 16.1. The van der Waals surface area contributed by atoms with Crippen molar-refractivity contribution in [3.8, 4) is 16.9 Å². The Morgan fingerprint density at radius 1 is 1.18 bits per heavy atom. The highest BCUT2D eigenvalue weighted by atomic mass is 19.1. The van der Waals surface area contributed by atoms with Gasteiger partial charge in [-0.2, -0.15) is 0 Å². The number of halogens is 1. The van der Waals surface area contributed by atoms with E-state index >= 15 is 4.39 Å². The third-order valence-corrected chi connectivity index (χ3v) is 6.66. The molecule has 196 valence electrons. The van der Waals surface area contributed by atoms with Gasteiger partial charge >= 0.3 is 0 Å². The fraction of sp³-hybridized carbons (Fsp3) is 0.296. The maximum absolute atomic E-state index is 16.1. The number of nitrogens with one attached hydrogen (secondary N) is 1. The third kappa shape index (κ3) is 4.74. The number of ether oxygens (including phenoxy) is 1. The molecule has 0 saturated heterocycles. The van der Waals surface area contributed by atoms with Crippen molar-refractivity contribution in [3.05, 3.63) is 66.1 Å². The average Bonchev–Trinajstić information content (AvgIpc) is 3.62. The lowest BCUT2D eigenvalue weighted by molar-refractivity contribution is -0.131. The molecule has 0 saturated carbocycles. The molecule has 38 heavy (non-hydrogen) atoms. The first-order chi connectivity index (χ1) is 18.4. The van der Waals surface area contributed by atoms with Gasteiger partial charge in [0.2, 0.25) is 5.91 Å². The Kier molecular flexibility index (Phi) is 6.91.